The van der Waals surface area contributed by atoms with E-state index in [1.807, 2.05) is 58.0 Å². The molecule has 1 aromatic carbocycles. The number of nitrogens with one attached hydrogen (secondary N) is 1. The molecule has 3 heteroatoms. The molecule has 0 atom stereocenters. The van der Waals surface area contributed by atoms with Gasteiger partial charge in [-0.05, 0) is 26.0 Å². The van der Waals surface area contributed by atoms with Crippen LogP contribution in [-0.4, -0.2) is 15.0 Å². The van der Waals surface area contributed by atoms with Crippen molar-refractivity contribution in [2.24, 2.45) is 0 Å². The van der Waals surface area contributed by atoms with E-state index < -0.39 is 0 Å². The van der Waals surface area contributed by atoms with E-state index in [1.165, 1.54) is 0 Å². The summed E-state index contributed by atoms with van der Waals surface area (Å²) in [7, 11) is 0. The van der Waals surface area contributed by atoms with Gasteiger partial charge in [-0.15, -0.1) is 0 Å². The minimum Gasteiger partial charge on any atom is -0.338 e. The molecular formula is C16H19N3. The lowest BCUT2D eigenvalue weighted by Crippen LogP contribution is -2.21. The van der Waals surface area contributed by atoms with Crippen molar-refractivity contribution in [2.45, 2.75) is 27.7 Å². The van der Waals surface area contributed by atoms with E-state index in [0.717, 1.165) is 32.8 Å². The molecule has 0 saturated heterocycles. The van der Waals surface area contributed by atoms with Gasteiger partial charge in [0.15, 0.2) is 5.65 Å². The summed E-state index contributed by atoms with van der Waals surface area (Å²) < 4.78 is 0. The van der Waals surface area contributed by atoms with Gasteiger partial charge in [-0.1, -0.05) is 38.1 Å². The van der Waals surface area contributed by atoms with Gasteiger partial charge in [-0.3, -0.25) is 0 Å². The molecule has 0 saturated carbocycles. The molecule has 3 nitrogen and oxygen atoms in total. The van der Waals surface area contributed by atoms with E-state index in [2.05, 4.69) is 21.0 Å². The minimum absolute atomic E-state index is 0.852. The Hall–Kier alpha value is -2.16. The van der Waals surface area contributed by atoms with Crippen molar-refractivity contribution in [3.8, 4) is 0 Å². The highest BCUT2D eigenvalue weighted by Gasteiger charge is 2.04. The number of H-pyrrole nitrogens is 1. The Balaban J connectivity index is 0.000000637. The zero-order chi connectivity index (χ0) is 13.8. The monoisotopic (exact) mass is 253 g/mol. The molecule has 0 unspecified atom stereocenters. The first-order chi connectivity index (χ1) is 9.33. The van der Waals surface area contributed by atoms with E-state index in [0.29, 0.717) is 0 Å². The minimum atomic E-state index is 0.852. The summed E-state index contributed by atoms with van der Waals surface area (Å²) in [5, 5.41) is 2.21. The molecule has 0 aliphatic rings. The Kier molecular flexibility index (Phi) is 3.95. The Labute approximate surface area is 112 Å². The Bertz CT molecular complexity index is 813. The smallest absolute Gasteiger partial charge is 0.157 e. The van der Waals surface area contributed by atoms with E-state index in [4.69, 9.17) is 0 Å². The summed E-state index contributed by atoms with van der Waals surface area (Å²) in [6, 6.07) is 7.93. The van der Waals surface area contributed by atoms with E-state index in [9.17, 15) is 0 Å². The summed E-state index contributed by atoms with van der Waals surface area (Å²) >= 11 is 0. The van der Waals surface area contributed by atoms with Gasteiger partial charge in [0.2, 0.25) is 0 Å². The van der Waals surface area contributed by atoms with Gasteiger partial charge in [0, 0.05) is 10.6 Å². The lowest BCUT2D eigenvalue weighted by molar-refractivity contribution is 1.29. The number of hydrogen-bond donors (Lipinski definition) is 1. The second-order valence-electron chi connectivity index (χ2n) is 3.94. The average molecular weight is 253 g/mol. The second-order valence-corrected chi connectivity index (χ2v) is 3.94. The molecule has 0 aliphatic heterocycles. The van der Waals surface area contributed by atoms with E-state index in [1.54, 1.807) is 0 Å². The first-order valence-electron chi connectivity index (χ1n) is 6.70. The van der Waals surface area contributed by atoms with Gasteiger partial charge >= 0.3 is 0 Å². The fourth-order valence-corrected chi connectivity index (χ4v) is 2.12. The highest BCUT2D eigenvalue weighted by molar-refractivity contribution is 5.85. The van der Waals surface area contributed by atoms with Gasteiger partial charge in [0.1, 0.15) is 5.52 Å². The van der Waals surface area contributed by atoms with Crippen molar-refractivity contribution in [3.05, 3.63) is 34.8 Å². The summed E-state index contributed by atoms with van der Waals surface area (Å²) in [5.74, 6) is 0. The molecule has 2 aromatic heterocycles. The number of para-hydroxylation sites is 2. The number of aromatic amines is 1. The number of hydrogen-bond acceptors (Lipinski definition) is 2. The van der Waals surface area contributed by atoms with Crippen LogP contribution in [0.5, 0.6) is 0 Å². The Morgan fingerprint density at radius 2 is 1.58 bits per heavy atom. The van der Waals surface area contributed by atoms with E-state index >= 15 is 0 Å². The van der Waals surface area contributed by atoms with Crippen LogP contribution >= 0.6 is 0 Å². The van der Waals surface area contributed by atoms with Gasteiger partial charge in [-0.25, -0.2) is 9.97 Å². The Morgan fingerprint density at radius 1 is 0.947 bits per heavy atom. The predicted octanol–water partition coefficient (Wildman–Crippen LogP) is 2.74. The van der Waals surface area contributed by atoms with Gasteiger partial charge in [-0.2, -0.15) is 0 Å². The third kappa shape index (κ3) is 2.24. The maximum Gasteiger partial charge on any atom is 0.157 e. The number of benzene rings is 1. The fourth-order valence-electron chi connectivity index (χ4n) is 2.12. The number of aromatic nitrogens is 3. The summed E-state index contributed by atoms with van der Waals surface area (Å²) in [4.78, 5) is 12.6. The molecule has 0 radical (unpaired) electrons. The zero-order valence-corrected chi connectivity index (χ0v) is 11.9. The van der Waals surface area contributed by atoms with Gasteiger partial charge < -0.3 is 4.98 Å². The third-order valence-electron chi connectivity index (χ3n) is 2.95. The first-order valence-corrected chi connectivity index (χ1v) is 6.70. The zero-order valence-electron chi connectivity index (χ0n) is 11.9. The van der Waals surface area contributed by atoms with Crippen LogP contribution in [0, 0.1) is 0 Å². The van der Waals surface area contributed by atoms with Gasteiger partial charge in [0.25, 0.3) is 0 Å². The molecule has 0 amide bonds. The van der Waals surface area contributed by atoms with Crippen LogP contribution in [0.25, 0.3) is 34.3 Å². The molecule has 19 heavy (non-hydrogen) atoms. The molecule has 1 N–H and O–H groups in total. The summed E-state index contributed by atoms with van der Waals surface area (Å²) in [5.41, 5.74) is 3.65. The predicted molar refractivity (Wildman–Crippen MR) is 82.3 cm³/mol. The van der Waals surface area contributed by atoms with Crippen LogP contribution < -0.4 is 10.6 Å². The highest BCUT2D eigenvalue weighted by atomic mass is 14.9. The normalized spacial score (nSPS) is 12.8. The first kappa shape index (κ1) is 13.3. The van der Waals surface area contributed by atoms with Crippen LogP contribution in [-0.2, 0) is 0 Å². The lowest BCUT2D eigenvalue weighted by atomic mass is 10.3. The topological polar surface area (TPSA) is 41.6 Å². The number of nitrogens with zero attached hydrogens (tertiary/aromatic N) is 2. The van der Waals surface area contributed by atoms with Crippen molar-refractivity contribution < 1.29 is 0 Å². The maximum absolute atomic E-state index is 4.67. The van der Waals surface area contributed by atoms with Crippen LogP contribution in [0.1, 0.15) is 27.7 Å². The SMILES string of the molecule is C/C=c1\c(=C/C)[nH]c2nc3ccccc3nc12.CC. The molecule has 3 rings (SSSR count). The fraction of sp³-hybridized carbons (Fsp3) is 0.250. The summed E-state index contributed by atoms with van der Waals surface area (Å²) in [6.07, 6.45) is 4.11. The molecule has 0 spiro atoms. The largest absolute Gasteiger partial charge is 0.338 e. The van der Waals surface area contributed by atoms with E-state index in [-0.39, 0.29) is 0 Å². The molecule has 98 valence electrons. The molecule has 3 aromatic rings. The van der Waals surface area contributed by atoms with Crippen molar-refractivity contribution in [1.29, 1.82) is 0 Å². The van der Waals surface area contributed by atoms with Crippen molar-refractivity contribution >= 4 is 34.3 Å². The quantitative estimate of drug-likeness (QED) is 0.669. The standard InChI is InChI=1S/C14H13N3.C2H6/c1-3-9-10(4-2)16-14-13(9)15-11-7-5-6-8-12(11)17-14;1-2/h3-8H,1-2H3,(H,16,17);1-2H3/b9-3+,10-4+;. The lowest BCUT2D eigenvalue weighted by Gasteiger charge is -1.95. The maximum atomic E-state index is 4.67. The van der Waals surface area contributed by atoms with Gasteiger partial charge in [0.05, 0.1) is 11.0 Å². The van der Waals surface area contributed by atoms with Crippen LogP contribution in [0.4, 0.5) is 0 Å². The highest BCUT2D eigenvalue weighted by Crippen LogP contribution is 2.10. The molecular weight excluding hydrogens is 234 g/mol. The van der Waals surface area contributed by atoms with Crippen molar-refractivity contribution in [2.75, 3.05) is 0 Å². The molecule has 0 bridgehead atoms. The average Bonchev–Trinajstić information content (AvgIpc) is 2.83. The van der Waals surface area contributed by atoms with Crippen molar-refractivity contribution in [3.63, 3.8) is 0 Å². The Morgan fingerprint density at radius 3 is 2.16 bits per heavy atom. The second kappa shape index (κ2) is 5.65. The number of fused-ring (bicyclic) bond motifs is 2. The molecule has 0 aliphatic carbocycles. The van der Waals surface area contributed by atoms with Crippen LogP contribution in [0.15, 0.2) is 24.3 Å². The number of rotatable bonds is 0. The molecule has 2 heterocycles. The third-order valence-corrected chi connectivity index (χ3v) is 2.95. The summed E-state index contributed by atoms with van der Waals surface area (Å²) in [6.45, 7) is 8.03. The van der Waals surface area contributed by atoms with Crippen LogP contribution in [0.2, 0.25) is 0 Å². The van der Waals surface area contributed by atoms with Crippen LogP contribution in [0.3, 0.4) is 0 Å². The molecule has 0 fully saturated rings. The van der Waals surface area contributed by atoms with Crippen molar-refractivity contribution in [1.82, 2.24) is 15.0 Å².